The smallest absolute Gasteiger partial charge is 0.303 e. The largest absolute Gasteiger partial charge is 0.481 e. The second-order valence-corrected chi connectivity index (χ2v) is 1.99. The van der Waals surface area contributed by atoms with E-state index in [-0.39, 0.29) is 12.8 Å². The van der Waals surface area contributed by atoms with E-state index in [2.05, 4.69) is 92.1 Å². The highest BCUT2D eigenvalue weighted by molar-refractivity contribution is 5.67. The molecule has 0 aliphatic heterocycles. The van der Waals surface area contributed by atoms with Crippen LogP contribution in [0.5, 0.6) is 0 Å². The SMILES string of the molecule is C=C.C=C.C=C.C=C.C=C.C=C.C=C.O=C(O)CCCCC(=O)O. The van der Waals surface area contributed by atoms with E-state index in [0.717, 1.165) is 0 Å². The maximum absolute atomic E-state index is 9.90. The zero-order valence-electron chi connectivity index (χ0n) is 15.4. The predicted octanol–water partition coefficient (Wildman–Crippen LogP) is 6.33. The summed E-state index contributed by atoms with van der Waals surface area (Å²) in [6.45, 7) is 42.0. The van der Waals surface area contributed by atoms with Crippen molar-refractivity contribution in [3.8, 4) is 0 Å². The number of carboxylic acid groups (broad SMARTS) is 2. The molecule has 0 rings (SSSR count). The highest BCUT2D eigenvalue weighted by atomic mass is 16.4. The number of carboxylic acids is 2. The number of hydrogen-bond donors (Lipinski definition) is 2. The third-order valence-corrected chi connectivity index (χ3v) is 1.03. The van der Waals surface area contributed by atoms with Gasteiger partial charge in [0.05, 0.1) is 0 Å². The van der Waals surface area contributed by atoms with Gasteiger partial charge in [-0.25, -0.2) is 0 Å². The van der Waals surface area contributed by atoms with Crippen LogP contribution in [0.1, 0.15) is 25.7 Å². The molecule has 0 amide bonds. The maximum atomic E-state index is 9.90. The third kappa shape index (κ3) is 370. The molecule has 142 valence electrons. The first kappa shape index (κ1) is 49.7. The van der Waals surface area contributed by atoms with Crippen LogP contribution in [0.3, 0.4) is 0 Å². The van der Waals surface area contributed by atoms with Gasteiger partial charge in [0.1, 0.15) is 0 Å². The lowest BCUT2D eigenvalue weighted by atomic mass is 10.2. The summed E-state index contributed by atoms with van der Waals surface area (Å²) >= 11 is 0. The van der Waals surface area contributed by atoms with Crippen molar-refractivity contribution in [1.29, 1.82) is 0 Å². The van der Waals surface area contributed by atoms with E-state index in [4.69, 9.17) is 10.2 Å². The van der Waals surface area contributed by atoms with Crippen LogP contribution in [-0.2, 0) is 9.59 Å². The highest BCUT2D eigenvalue weighted by Gasteiger charge is 1.99. The molecule has 0 aliphatic carbocycles. The molecule has 0 aliphatic rings. The van der Waals surface area contributed by atoms with E-state index < -0.39 is 11.9 Å². The van der Waals surface area contributed by atoms with Crippen LogP contribution in [0.4, 0.5) is 0 Å². The van der Waals surface area contributed by atoms with Crippen molar-refractivity contribution in [2.75, 3.05) is 0 Å². The fourth-order valence-corrected chi connectivity index (χ4v) is 0.552. The molecular formula is C20H38O4. The average Bonchev–Trinajstić information content (AvgIpc) is 2.70. The Hall–Kier alpha value is -2.88. The fraction of sp³-hybridized carbons (Fsp3) is 0.200. The normalized spacial score (nSPS) is 5.00. The first-order valence-corrected chi connectivity index (χ1v) is 6.56. The fourth-order valence-electron chi connectivity index (χ4n) is 0.552. The molecule has 0 aromatic carbocycles. The first-order valence-electron chi connectivity index (χ1n) is 6.56. The molecule has 0 heterocycles. The van der Waals surface area contributed by atoms with E-state index in [1.165, 1.54) is 0 Å². The van der Waals surface area contributed by atoms with E-state index in [0.29, 0.717) is 12.8 Å². The maximum Gasteiger partial charge on any atom is 0.303 e. The number of unbranched alkanes of at least 4 members (excludes halogenated alkanes) is 1. The standard InChI is InChI=1S/C6H10O4.7C2H4/c7-5(8)3-1-2-4-6(9)10;7*1-2/h1-4H2,(H,7,8)(H,9,10);7*1-2H2. The van der Waals surface area contributed by atoms with Gasteiger partial charge in [0, 0.05) is 12.8 Å². The quantitative estimate of drug-likeness (QED) is 0.452. The third-order valence-electron chi connectivity index (χ3n) is 1.03. The summed E-state index contributed by atoms with van der Waals surface area (Å²) in [6, 6.07) is 0. The van der Waals surface area contributed by atoms with Crippen LogP contribution < -0.4 is 0 Å². The molecule has 0 saturated heterocycles. The molecular weight excluding hydrogens is 304 g/mol. The molecule has 0 aromatic rings. The van der Waals surface area contributed by atoms with Crippen molar-refractivity contribution in [3.63, 3.8) is 0 Å². The Morgan fingerprint density at radius 2 is 0.583 bits per heavy atom. The van der Waals surface area contributed by atoms with Gasteiger partial charge in [-0.2, -0.15) is 0 Å². The molecule has 4 heteroatoms. The molecule has 0 saturated carbocycles. The molecule has 2 N–H and O–H groups in total. The van der Waals surface area contributed by atoms with Gasteiger partial charge in [-0.3, -0.25) is 9.59 Å². The van der Waals surface area contributed by atoms with Crippen LogP contribution in [0.2, 0.25) is 0 Å². The minimum Gasteiger partial charge on any atom is -0.481 e. The summed E-state index contributed by atoms with van der Waals surface area (Å²) in [5, 5.41) is 16.3. The molecule has 4 nitrogen and oxygen atoms in total. The van der Waals surface area contributed by atoms with Crippen LogP contribution in [0, 0.1) is 0 Å². The van der Waals surface area contributed by atoms with E-state index in [1.54, 1.807) is 0 Å². The monoisotopic (exact) mass is 342 g/mol. The topological polar surface area (TPSA) is 74.6 Å². The Bertz CT molecular complexity index is 180. The van der Waals surface area contributed by atoms with Crippen molar-refractivity contribution in [3.05, 3.63) is 92.1 Å². The minimum atomic E-state index is -0.870. The molecule has 0 bridgehead atoms. The number of hydrogen-bond acceptors (Lipinski definition) is 2. The molecule has 0 fully saturated rings. The van der Waals surface area contributed by atoms with Crippen LogP contribution in [0.25, 0.3) is 0 Å². The Kier molecular flexibility index (Phi) is 300. The first-order chi connectivity index (χ1) is 11.6. The van der Waals surface area contributed by atoms with E-state index >= 15 is 0 Å². The Labute approximate surface area is 150 Å². The zero-order valence-corrected chi connectivity index (χ0v) is 15.4. The second-order valence-electron chi connectivity index (χ2n) is 1.99. The van der Waals surface area contributed by atoms with Gasteiger partial charge in [0.2, 0.25) is 0 Å². The van der Waals surface area contributed by atoms with Gasteiger partial charge in [0.15, 0.2) is 0 Å². The lowest BCUT2D eigenvalue weighted by Crippen LogP contribution is -1.97. The van der Waals surface area contributed by atoms with Gasteiger partial charge in [-0.15, -0.1) is 92.1 Å². The van der Waals surface area contributed by atoms with Crippen molar-refractivity contribution in [2.45, 2.75) is 25.7 Å². The van der Waals surface area contributed by atoms with Crippen molar-refractivity contribution < 1.29 is 19.8 Å². The van der Waals surface area contributed by atoms with Gasteiger partial charge in [0.25, 0.3) is 0 Å². The molecule has 0 spiro atoms. The Balaban J connectivity index is -0.0000000256. The number of aliphatic carboxylic acids is 2. The number of carbonyl (C=O) groups is 2. The summed E-state index contributed by atoms with van der Waals surface area (Å²) in [7, 11) is 0. The van der Waals surface area contributed by atoms with Gasteiger partial charge in [-0.1, -0.05) is 0 Å². The van der Waals surface area contributed by atoms with Gasteiger partial charge < -0.3 is 10.2 Å². The van der Waals surface area contributed by atoms with E-state index in [1.807, 2.05) is 0 Å². The molecule has 0 atom stereocenters. The van der Waals surface area contributed by atoms with Crippen LogP contribution in [0.15, 0.2) is 92.1 Å². The minimum absolute atomic E-state index is 0.0628. The average molecular weight is 343 g/mol. The van der Waals surface area contributed by atoms with E-state index in [9.17, 15) is 9.59 Å². The van der Waals surface area contributed by atoms with Crippen molar-refractivity contribution in [1.82, 2.24) is 0 Å². The van der Waals surface area contributed by atoms with Crippen LogP contribution in [-0.4, -0.2) is 22.2 Å². The molecule has 0 aromatic heterocycles. The Morgan fingerprint density at radius 3 is 0.667 bits per heavy atom. The lowest BCUT2D eigenvalue weighted by Gasteiger charge is -1.92. The summed E-state index contributed by atoms with van der Waals surface area (Å²) < 4.78 is 0. The Morgan fingerprint density at radius 1 is 0.458 bits per heavy atom. The van der Waals surface area contributed by atoms with Crippen molar-refractivity contribution in [2.24, 2.45) is 0 Å². The lowest BCUT2D eigenvalue weighted by molar-refractivity contribution is -0.139. The predicted molar refractivity (Wildman–Crippen MR) is 113 cm³/mol. The zero-order chi connectivity index (χ0) is 22.0. The summed E-state index contributed by atoms with van der Waals surface area (Å²) in [4.78, 5) is 19.8. The van der Waals surface area contributed by atoms with Gasteiger partial charge >= 0.3 is 11.9 Å². The molecule has 24 heavy (non-hydrogen) atoms. The summed E-state index contributed by atoms with van der Waals surface area (Å²) in [5.74, 6) is -1.74. The van der Waals surface area contributed by atoms with Crippen molar-refractivity contribution >= 4 is 11.9 Å². The molecule has 0 radical (unpaired) electrons. The second kappa shape index (κ2) is 145. The highest BCUT2D eigenvalue weighted by Crippen LogP contribution is 1.98. The van der Waals surface area contributed by atoms with Gasteiger partial charge in [-0.05, 0) is 12.8 Å². The molecule has 0 unspecified atom stereocenters. The summed E-state index contributed by atoms with van der Waals surface area (Å²) in [5.41, 5.74) is 0. The summed E-state index contributed by atoms with van der Waals surface area (Å²) in [6.07, 6.45) is 1.02. The number of rotatable bonds is 5. The van der Waals surface area contributed by atoms with Crippen LogP contribution >= 0.6 is 0 Å².